The van der Waals surface area contributed by atoms with E-state index in [1.807, 2.05) is 6.20 Å². The molecular weight excluding hydrogens is 843 g/mol. The fourth-order valence-corrected chi connectivity index (χ4v) is 9.20. The second-order valence-corrected chi connectivity index (χ2v) is 17.6. The number of nitrogens with zero attached hydrogens (tertiary/aromatic N) is 4. The number of likely N-dealkylation sites (tertiary alicyclic amines) is 2. The Morgan fingerprint density at radius 1 is 0.785 bits per heavy atom. The number of carbonyl (C=O) groups is 4. The minimum absolute atomic E-state index is 0.0612. The summed E-state index contributed by atoms with van der Waals surface area (Å²) in [5.74, 6) is -2.41. The number of fused-ring (bicyclic) bond motifs is 2. The first-order chi connectivity index (χ1) is 31.2. The number of anilines is 1. The topological polar surface area (TPSA) is 192 Å². The van der Waals surface area contributed by atoms with E-state index >= 15 is 8.78 Å². The van der Waals surface area contributed by atoms with Gasteiger partial charge >= 0.3 is 0 Å². The summed E-state index contributed by atoms with van der Waals surface area (Å²) in [6, 6.07) is 6.32. The number of rotatable bonds is 23. The Morgan fingerprint density at radius 2 is 1.38 bits per heavy atom. The Hall–Kier alpha value is -4.98. The van der Waals surface area contributed by atoms with Crippen LogP contribution in [0, 0.1) is 17.6 Å². The lowest BCUT2D eigenvalue weighted by atomic mass is 9.92. The van der Waals surface area contributed by atoms with Crippen molar-refractivity contribution < 1.29 is 47.6 Å². The molecule has 3 amide bonds. The van der Waals surface area contributed by atoms with Crippen LogP contribution in [0.1, 0.15) is 64.4 Å². The van der Waals surface area contributed by atoms with Crippen LogP contribution in [0.25, 0.3) is 21.8 Å². The minimum atomic E-state index is -0.874. The number of ether oxygens (including phenoxy) is 2. The number of hydrogen-bond donors (Lipinski definition) is 6. The zero-order chi connectivity index (χ0) is 46.9. The first-order valence-electron chi connectivity index (χ1n) is 22.6. The average Bonchev–Trinajstić information content (AvgIpc) is 4.06. The highest BCUT2D eigenvalue weighted by atomic mass is 19.1. The lowest BCUT2D eigenvalue weighted by Gasteiger charge is -2.30. The van der Waals surface area contributed by atoms with Gasteiger partial charge in [-0.05, 0) is 103 Å². The van der Waals surface area contributed by atoms with Crippen LogP contribution >= 0.6 is 0 Å². The summed E-state index contributed by atoms with van der Waals surface area (Å²) < 4.78 is 44.1. The van der Waals surface area contributed by atoms with E-state index in [2.05, 4.69) is 21.3 Å². The maximum Gasteiger partial charge on any atom is 0.245 e. The van der Waals surface area contributed by atoms with Crippen molar-refractivity contribution in [2.75, 3.05) is 66.5 Å². The van der Waals surface area contributed by atoms with E-state index in [9.17, 15) is 29.4 Å². The second-order valence-electron chi connectivity index (χ2n) is 17.6. The number of Topliss-reactive ketones (excluding diaryl/α,β-unsaturated/α-hetero) is 1. The number of nitrogens with one attached hydrogen (secondary N) is 4. The van der Waals surface area contributed by atoms with Gasteiger partial charge < -0.3 is 50.8 Å². The summed E-state index contributed by atoms with van der Waals surface area (Å²) in [5.41, 5.74) is 2.47. The predicted molar refractivity (Wildman–Crippen MR) is 243 cm³/mol. The first kappa shape index (κ1) is 49.5. The number of β-amino-alcohol motifs (C(OH)–C–C–N with tert-alkyl or cyclic N) is 2. The van der Waals surface area contributed by atoms with E-state index < -0.39 is 53.9 Å². The lowest BCUT2D eigenvalue weighted by molar-refractivity contribution is -0.139. The van der Waals surface area contributed by atoms with Gasteiger partial charge in [-0.15, -0.1) is 0 Å². The summed E-state index contributed by atoms with van der Waals surface area (Å²) >= 11 is 0. The largest absolute Gasteiger partial charge is 0.391 e. The molecule has 0 saturated carbocycles. The van der Waals surface area contributed by atoms with E-state index in [4.69, 9.17) is 9.47 Å². The summed E-state index contributed by atoms with van der Waals surface area (Å²) in [4.78, 5) is 57.3. The van der Waals surface area contributed by atoms with Crippen LogP contribution in [0.4, 0.5) is 14.5 Å². The molecule has 6 N–H and O–H groups in total. The number of likely N-dealkylation sites (N-methyl/N-ethyl adjacent to an activating group) is 2. The van der Waals surface area contributed by atoms with Gasteiger partial charge in [-0.2, -0.15) is 0 Å². The Kier molecular flexibility index (Phi) is 17.1. The van der Waals surface area contributed by atoms with Gasteiger partial charge in [0.1, 0.15) is 23.5 Å². The van der Waals surface area contributed by atoms with E-state index in [1.54, 1.807) is 72.5 Å². The molecule has 6 rings (SSSR count). The van der Waals surface area contributed by atoms with Crippen molar-refractivity contribution in [2.45, 2.75) is 108 Å². The molecule has 2 fully saturated rings. The summed E-state index contributed by atoms with van der Waals surface area (Å²) in [5, 5.41) is 35.2. The highest BCUT2D eigenvalue weighted by molar-refractivity contribution is 5.94. The van der Waals surface area contributed by atoms with Crippen molar-refractivity contribution in [2.24, 2.45) is 5.92 Å². The molecule has 0 bridgehead atoms. The fourth-order valence-electron chi connectivity index (χ4n) is 9.20. The lowest BCUT2D eigenvalue weighted by Crippen LogP contribution is -2.54. The van der Waals surface area contributed by atoms with Crippen molar-refractivity contribution in [1.82, 2.24) is 35.1 Å². The number of carbonyl (C=O) groups excluding carboxylic acids is 4. The quantitative estimate of drug-likeness (QED) is 0.0600. The molecule has 0 aliphatic carbocycles. The SMILES string of the molecule is CN[C@@H](C)C(=O)C[C@@H](CCCOC)C(=O)N1C[C@@H](O)C[C@H]1CCc1cn(-n2cc(NC[C@@H]3C[C@H](O)CN3C(=O)[C@H](CCOC)NC(=O)[C@H](C)NC)c3ccc(F)cc32)c2cc(F)ccc12. The molecule has 0 radical (unpaired) electrons. The molecule has 2 aliphatic rings. The number of aromatic nitrogens is 2. The van der Waals surface area contributed by atoms with Crippen LogP contribution in [0.5, 0.6) is 0 Å². The van der Waals surface area contributed by atoms with Crippen LogP contribution in [-0.4, -0.2) is 156 Å². The number of methoxy groups -OCH3 is 2. The zero-order valence-corrected chi connectivity index (χ0v) is 38.3. The van der Waals surface area contributed by atoms with Crippen LogP contribution < -0.4 is 21.3 Å². The molecule has 8 atom stereocenters. The molecular formula is C47H66F2N8O8. The number of aryl methyl sites for hydroxylation is 1. The number of benzene rings is 2. The zero-order valence-electron chi connectivity index (χ0n) is 38.3. The van der Waals surface area contributed by atoms with E-state index in [1.165, 1.54) is 31.4 Å². The Balaban J connectivity index is 1.25. The van der Waals surface area contributed by atoms with Gasteiger partial charge in [0.15, 0.2) is 0 Å². The third kappa shape index (κ3) is 11.7. The van der Waals surface area contributed by atoms with Gasteiger partial charge in [0, 0.05) is 94.6 Å². The van der Waals surface area contributed by atoms with Crippen molar-refractivity contribution in [1.29, 1.82) is 0 Å². The smallest absolute Gasteiger partial charge is 0.245 e. The average molecular weight is 909 g/mol. The third-order valence-corrected chi connectivity index (χ3v) is 13.1. The Bertz CT molecular complexity index is 2290. The van der Waals surface area contributed by atoms with Crippen molar-refractivity contribution in [3.63, 3.8) is 0 Å². The monoisotopic (exact) mass is 908 g/mol. The Labute approximate surface area is 378 Å². The number of ketones is 1. The van der Waals surface area contributed by atoms with Gasteiger partial charge in [0.05, 0.1) is 53.3 Å². The molecule has 2 saturated heterocycles. The van der Waals surface area contributed by atoms with Crippen LogP contribution in [-0.2, 0) is 35.1 Å². The van der Waals surface area contributed by atoms with Gasteiger partial charge in [-0.1, -0.05) is 0 Å². The molecule has 2 aromatic heterocycles. The van der Waals surface area contributed by atoms with E-state index in [0.717, 1.165) is 10.9 Å². The molecule has 356 valence electrons. The maximum atomic E-state index is 15.1. The van der Waals surface area contributed by atoms with Crippen molar-refractivity contribution >= 4 is 51.0 Å². The molecule has 4 heterocycles. The molecule has 18 heteroatoms. The highest BCUT2D eigenvalue weighted by Gasteiger charge is 2.39. The van der Waals surface area contributed by atoms with Crippen molar-refractivity contribution in [3.8, 4) is 0 Å². The van der Waals surface area contributed by atoms with Crippen LogP contribution in [0.15, 0.2) is 48.8 Å². The minimum Gasteiger partial charge on any atom is -0.391 e. The predicted octanol–water partition coefficient (Wildman–Crippen LogP) is 3.19. The molecule has 4 aromatic rings. The van der Waals surface area contributed by atoms with E-state index in [0.29, 0.717) is 60.8 Å². The number of halogens is 2. The summed E-state index contributed by atoms with van der Waals surface area (Å²) in [6.45, 7) is 4.62. The molecule has 0 spiro atoms. The van der Waals surface area contributed by atoms with E-state index in [-0.39, 0.29) is 75.1 Å². The first-order valence-corrected chi connectivity index (χ1v) is 22.6. The fraction of sp³-hybridized carbons (Fsp3) is 0.574. The maximum absolute atomic E-state index is 15.1. The number of amides is 3. The van der Waals surface area contributed by atoms with Gasteiger partial charge in [-0.25, -0.2) is 8.78 Å². The summed E-state index contributed by atoms with van der Waals surface area (Å²) in [6.07, 6.45) is 5.17. The van der Waals surface area contributed by atoms with Crippen LogP contribution in [0.2, 0.25) is 0 Å². The van der Waals surface area contributed by atoms with Gasteiger partial charge in [0.25, 0.3) is 0 Å². The number of aliphatic hydroxyl groups is 2. The molecule has 2 aliphatic heterocycles. The standard InChI is InChI=1S/C47H66F2N8O8/c1-28(50-3)44(60)18-30(8-7-16-64-5)46(62)54-25-36(58)21-34(54)12-9-31-24-56(42-19-32(48)10-13-38(31)42)57-27-41(39-14-11-33(49)20-43(39)57)52-23-35-22-37(59)26-55(35)47(63)40(15-17-65-6)53-45(61)29(2)51-4/h10-11,13-14,19-20,24,27-30,34-37,40,50-52,58-59H,7-9,12,15-18,21-23,25-26H2,1-6H3,(H,53,61)/t28-,29-,30+,34+,35-,36-,37-,40-/m0/s1. The Morgan fingerprint density at radius 3 is 2.03 bits per heavy atom. The molecule has 65 heavy (non-hydrogen) atoms. The number of aliphatic hydroxyl groups excluding tert-OH is 2. The van der Waals surface area contributed by atoms with Gasteiger partial charge in [0.2, 0.25) is 17.7 Å². The molecule has 16 nitrogen and oxygen atoms in total. The molecule has 0 unspecified atom stereocenters. The van der Waals surface area contributed by atoms with Crippen molar-refractivity contribution in [3.05, 3.63) is 66.0 Å². The van der Waals surface area contributed by atoms with Gasteiger partial charge in [-0.3, -0.25) is 28.5 Å². The normalized spacial score (nSPS) is 20.6. The third-order valence-electron chi connectivity index (χ3n) is 13.1. The highest BCUT2D eigenvalue weighted by Crippen LogP contribution is 2.33. The summed E-state index contributed by atoms with van der Waals surface area (Å²) in [7, 11) is 6.47. The van der Waals surface area contributed by atoms with Crippen LogP contribution in [0.3, 0.4) is 0 Å². The molecule has 2 aromatic carbocycles. The number of hydrogen-bond acceptors (Lipinski definition) is 11. The second kappa shape index (κ2) is 22.5.